The molecule has 4 aromatic heterocycles. The first-order chi connectivity index (χ1) is 47.0. The molecule has 20 N–H and O–H groups in total. The summed E-state index contributed by atoms with van der Waals surface area (Å²) in [5.41, 5.74) is 10.1. The van der Waals surface area contributed by atoms with Gasteiger partial charge in [-0.25, -0.2) is 46.1 Å². The monoisotopic (exact) mass is 1540 g/mol. The molecule has 4 aromatic rings. The molecule has 0 spiro atoms. The van der Waals surface area contributed by atoms with Crippen molar-refractivity contribution in [3.05, 3.63) is 33.4 Å². The van der Waals surface area contributed by atoms with Gasteiger partial charge in [-0.15, -0.1) is 0 Å². The van der Waals surface area contributed by atoms with E-state index < -0.39 is 117 Å². The Morgan fingerprint density at radius 2 is 1.03 bits per heavy atom. The van der Waals surface area contributed by atoms with E-state index in [4.69, 9.17) is 40.2 Å². The summed E-state index contributed by atoms with van der Waals surface area (Å²) in [4.78, 5) is 170. The van der Waals surface area contributed by atoms with Crippen LogP contribution in [0.3, 0.4) is 0 Å². The van der Waals surface area contributed by atoms with E-state index in [1.807, 2.05) is 0 Å². The molecule has 0 radical (unpaired) electrons. The van der Waals surface area contributed by atoms with Crippen molar-refractivity contribution in [1.82, 2.24) is 71.6 Å². The van der Waals surface area contributed by atoms with Crippen molar-refractivity contribution in [3.63, 3.8) is 0 Å². The number of nitrogens with zero attached hydrogens (tertiary/aromatic N) is 6. The van der Waals surface area contributed by atoms with Gasteiger partial charge in [0.2, 0.25) is 35.3 Å². The maximum absolute atomic E-state index is 12.8. The van der Waals surface area contributed by atoms with E-state index in [0.717, 1.165) is 37.2 Å². The summed E-state index contributed by atoms with van der Waals surface area (Å²) in [6.45, 7) is -2.08. The van der Waals surface area contributed by atoms with Crippen LogP contribution in [0.4, 0.5) is 31.1 Å². The second kappa shape index (κ2) is 32.8. The first kappa shape index (κ1) is 77.5. The van der Waals surface area contributed by atoms with Crippen molar-refractivity contribution >= 4 is 125 Å². The number of phosphoric acid groups is 4. The molecule has 4 unspecified atom stereocenters. The van der Waals surface area contributed by atoms with Crippen LogP contribution in [0.15, 0.2) is 22.2 Å². The number of fused-ring (bicyclic) bond motifs is 4. The van der Waals surface area contributed by atoms with Crippen LogP contribution in [-0.2, 0) is 78.6 Å². The highest BCUT2D eigenvalue weighted by Gasteiger charge is 2.53. The normalized spacial score (nSPS) is 28.3. The van der Waals surface area contributed by atoms with Crippen LogP contribution in [0.2, 0.25) is 0 Å². The summed E-state index contributed by atoms with van der Waals surface area (Å²) in [7, 11) is -19.3. The topological polar surface area (TPSA) is 669 Å². The summed E-state index contributed by atoms with van der Waals surface area (Å²) in [5, 5.41) is 44.6. The first-order valence-electron chi connectivity index (χ1n) is 30.5. The third-order valence-electron chi connectivity index (χ3n) is 16.0. The molecule has 6 fully saturated rings. The number of urea groups is 2. The Balaban J connectivity index is 0.000000233. The van der Waals surface area contributed by atoms with Gasteiger partial charge in [-0.05, 0) is 25.7 Å². The number of aromatic amines is 2. The number of ether oxygens (including phenoxy) is 4. The number of carbonyl (C=O) groups is 6. The Morgan fingerprint density at radius 3 is 1.48 bits per heavy atom. The van der Waals surface area contributed by atoms with Crippen molar-refractivity contribution in [1.29, 1.82) is 0 Å². The predicted octanol–water partition coefficient (Wildman–Crippen LogP) is -6.16. The molecule has 0 aromatic carbocycles. The number of phosphoric ester groups is 2. The third-order valence-corrected chi connectivity index (χ3v) is 23.3. The smallest absolute Gasteiger partial charge is 0.478 e. The molecule has 0 aliphatic carbocycles. The Morgan fingerprint density at radius 1 is 0.620 bits per heavy atom. The maximum Gasteiger partial charge on any atom is 0.478 e. The molecule has 10 rings (SSSR count). The highest BCUT2D eigenvalue weighted by Crippen LogP contribution is 2.57. The highest BCUT2D eigenvalue weighted by atomic mass is 32.2. The number of carbonyl (C=O) groups excluding carboxylic acids is 6. The molecule has 46 nitrogen and oxygen atoms in total. The number of rotatable bonds is 30. The van der Waals surface area contributed by atoms with Crippen LogP contribution in [0, 0.1) is 0 Å². The average molecular weight is 1540 g/mol. The second-order valence-electron chi connectivity index (χ2n) is 23.3. The maximum atomic E-state index is 12.8. The fraction of sp³-hybridized carbons (Fsp3) is 0.667. The molecule has 18 atom stereocenters. The van der Waals surface area contributed by atoms with Gasteiger partial charge in [0, 0.05) is 61.0 Å². The molecular formula is C48H74N18O28P4S2. The van der Waals surface area contributed by atoms with Gasteiger partial charge < -0.3 is 113 Å². The zero-order valence-electron chi connectivity index (χ0n) is 52.7. The zero-order chi connectivity index (χ0) is 72.8. The molecule has 52 heteroatoms. The fourth-order valence-electron chi connectivity index (χ4n) is 11.8. The van der Waals surface area contributed by atoms with E-state index in [9.17, 15) is 86.4 Å². The van der Waals surface area contributed by atoms with Crippen LogP contribution in [0.25, 0.3) is 22.3 Å². The number of nitrogens with one attached hydrogen (secondary N) is 10. The van der Waals surface area contributed by atoms with Crippen molar-refractivity contribution in [2.45, 2.75) is 135 Å². The predicted molar refractivity (Wildman–Crippen MR) is 336 cm³/mol. The average Bonchev–Trinajstić information content (AvgIpc) is 1.60. The number of amides is 8. The molecule has 6 aliphatic rings. The third kappa shape index (κ3) is 20.4. The molecular weight excluding hydrogens is 1460 g/mol. The number of hydrogen-bond donors (Lipinski definition) is 18. The standard InChI is InChI=1S/2C24H37N9O14P2S/c1-32-10-33(19-16(32)20(36)31-22(25)30-19)21-17(35)18(12(45-21)8-44-49(42,43)47-48(39,40)41)46-24(38)27-7-6-26-14(34)5-3-2-4-13-15-11(9-50-13)28-23(37)29-15;1-32-10-33(19-16(32)20(36)31-22(25)30-19)21-18(17(35)12(45-21)8-44-49(42,43)47-48(39,40)41)46-24(38)27-7-6-26-14(34)5-3-2-4-13-15-11(9-50-13)28-23(37)29-15/h2*10-13,15,17-18,21,35H,2-9H2,1H3,(H9-,25,26,27,28,29,30,31,34,36,37,38,39,40,41,42,43)/t2*11-,12+,13-,15-,17+,18+,21+/m00/s1. The van der Waals surface area contributed by atoms with Gasteiger partial charge in [0.05, 0.1) is 51.5 Å². The number of anilines is 2. The number of aliphatic hydroxyl groups excluding tert-OH is 2. The zero-order valence-corrected chi connectivity index (χ0v) is 57.9. The van der Waals surface area contributed by atoms with Gasteiger partial charge in [-0.2, -0.15) is 23.5 Å². The number of nitrogen functional groups attached to an aromatic ring is 2. The van der Waals surface area contributed by atoms with Crippen LogP contribution in [0.1, 0.15) is 63.8 Å². The van der Waals surface area contributed by atoms with Gasteiger partial charge in [0.25, 0.3) is 38.7 Å². The SMILES string of the molecule is Cn1c[n+]([C@@H]2O[C@H](COP(=O)(O)OP(=O)([O-])O)[C@@H](O)[C@H]2OC(=O)NCCNC(=O)CCCC[C@@H]2SC[C@@H]3NC(=O)N[C@@H]32)c2nc(N)[nH]c(=O)c21.Cn1c[n+]([C@@H]2O[C@H](COP(=O)(O)OP(=O)([O-])O)[C@@H](OC(=O)NCCNC(=O)CCCC[C@@H]3SC[C@@H]4NC(=O)N[C@@H]43)[C@H]2O)c2nc(N)[nH]c(=O)c21. The summed E-state index contributed by atoms with van der Waals surface area (Å²) >= 11 is 3.58. The van der Waals surface area contributed by atoms with Crippen LogP contribution in [0.5, 0.6) is 0 Å². The first-order valence-corrected chi connectivity index (χ1v) is 38.5. The number of nitrogens with two attached hydrogens (primary N) is 2. The Hall–Kier alpha value is -6.62. The Labute approximate surface area is 571 Å². The Kier molecular flexibility index (Phi) is 25.4. The van der Waals surface area contributed by atoms with Gasteiger partial charge in [-0.1, -0.05) is 22.8 Å². The van der Waals surface area contributed by atoms with Crippen molar-refractivity contribution < 1.29 is 132 Å². The minimum atomic E-state index is -5.71. The number of imidazole rings is 2. The number of aliphatic hydroxyl groups is 2. The number of unbranched alkanes of at least 4 members (excludes halogenated alkanes) is 2. The van der Waals surface area contributed by atoms with Gasteiger partial charge in [0.15, 0.2) is 31.0 Å². The van der Waals surface area contributed by atoms with E-state index in [2.05, 4.69) is 80.1 Å². The lowest BCUT2D eigenvalue weighted by Crippen LogP contribution is -2.49. The molecule has 556 valence electrons. The van der Waals surface area contributed by atoms with Crippen molar-refractivity contribution in [3.8, 4) is 0 Å². The lowest BCUT2D eigenvalue weighted by atomic mass is 10.0. The minimum Gasteiger partial charge on any atom is -0.756 e. The molecule has 8 amide bonds. The second-order valence-corrected chi connectivity index (χ2v) is 31.4. The lowest BCUT2D eigenvalue weighted by molar-refractivity contribution is -0.746. The lowest BCUT2D eigenvalue weighted by Gasteiger charge is -2.23. The van der Waals surface area contributed by atoms with Crippen LogP contribution >= 0.6 is 54.8 Å². The van der Waals surface area contributed by atoms with E-state index in [1.165, 1.54) is 45.0 Å². The molecule has 6 aliphatic heterocycles. The largest absolute Gasteiger partial charge is 0.756 e. The van der Waals surface area contributed by atoms with E-state index >= 15 is 0 Å². The number of hydrogen-bond acceptors (Lipinski definition) is 30. The molecule has 0 bridgehead atoms. The number of alkyl carbamates (subject to hydrolysis) is 2. The van der Waals surface area contributed by atoms with Gasteiger partial charge in [-0.3, -0.25) is 56.5 Å². The van der Waals surface area contributed by atoms with Gasteiger partial charge in [0.1, 0.15) is 18.3 Å². The van der Waals surface area contributed by atoms with Crippen LogP contribution < -0.4 is 84.0 Å². The summed E-state index contributed by atoms with van der Waals surface area (Å²) in [6, 6.07) is 0.138. The summed E-state index contributed by atoms with van der Waals surface area (Å²) in [6.07, 6.45) is -7.19. The number of aryl methyl sites for hydroxylation is 2. The molecule has 6 saturated heterocycles. The number of aromatic nitrogens is 8. The Bertz CT molecular complexity index is 4010. The molecule has 0 saturated carbocycles. The van der Waals surface area contributed by atoms with E-state index in [1.54, 1.807) is 23.5 Å². The molecule has 100 heavy (non-hydrogen) atoms. The highest BCUT2D eigenvalue weighted by molar-refractivity contribution is 8.00. The number of thioether (sulfide) groups is 2. The van der Waals surface area contributed by atoms with Crippen LogP contribution in [-0.4, -0.2) is 217 Å². The minimum absolute atomic E-state index is 0.0176. The van der Waals surface area contributed by atoms with Gasteiger partial charge >= 0.3 is 51.2 Å². The summed E-state index contributed by atoms with van der Waals surface area (Å²) < 4.78 is 89.7. The van der Waals surface area contributed by atoms with Crippen molar-refractivity contribution in [2.75, 3.05) is 62.4 Å². The summed E-state index contributed by atoms with van der Waals surface area (Å²) in [5.74, 6) is 0.687. The van der Waals surface area contributed by atoms with E-state index in [-0.39, 0.29) is 132 Å². The fourth-order valence-corrected chi connectivity index (χ4v) is 18.0. The van der Waals surface area contributed by atoms with E-state index in [0.29, 0.717) is 12.8 Å². The molecule has 10 heterocycles. The quantitative estimate of drug-likeness (QED) is 0.01000. The number of H-pyrrole nitrogens is 2. The van der Waals surface area contributed by atoms with Crippen molar-refractivity contribution in [2.24, 2.45) is 14.1 Å².